The highest BCUT2D eigenvalue weighted by Crippen LogP contribution is 2.24. The van der Waals surface area contributed by atoms with E-state index in [1.807, 2.05) is 61.5 Å². The monoisotopic (exact) mass is 355 g/mol. The largest absolute Gasteiger partial charge is 0.494 e. The number of carbonyl (C=O) groups excluding carboxylic acids is 1. The third kappa shape index (κ3) is 6.24. The molecular formula is C21H25NO4. The molecule has 5 nitrogen and oxygen atoms in total. The van der Waals surface area contributed by atoms with Crippen LogP contribution < -0.4 is 10.1 Å². The van der Waals surface area contributed by atoms with E-state index in [0.717, 1.165) is 16.9 Å². The van der Waals surface area contributed by atoms with Gasteiger partial charge in [0.1, 0.15) is 5.75 Å². The lowest BCUT2D eigenvalue weighted by atomic mass is 9.98. The van der Waals surface area contributed by atoms with Crippen LogP contribution in [0.5, 0.6) is 5.75 Å². The van der Waals surface area contributed by atoms with Gasteiger partial charge in [0.2, 0.25) is 5.91 Å². The number of carbonyl (C=O) groups is 2. The first-order chi connectivity index (χ1) is 12.6. The summed E-state index contributed by atoms with van der Waals surface area (Å²) in [6.45, 7) is 2.54. The molecule has 0 aliphatic carbocycles. The minimum atomic E-state index is -0.832. The standard InChI is InChI=1S/C21H25NO4/c1-2-26-18-14-12-17(13-15-18)21(16-8-4-3-5-9-16)22-19(23)10-6-7-11-20(24)25/h3-5,8-9,12-15,21H,2,6-7,10-11H2,1H3,(H,22,23)(H,24,25). The minimum absolute atomic E-state index is 0.0851. The van der Waals surface area contributed by atoms with Crippen LogP contribution in [0.4, 0.5) is 0 Å². The fourth-order valence-corrected chi connectivity index (χ4v) is 2.72. The van der Waals surface area contributed by atoms with Crippen LogP contribution in [0.1, 0.15) is 49.8 Å². The predicted molar refractivity (Wildman–Crippen MR) is 100 cm³/mol. The Bertz CT molecular complexity index is 698. The zero-order valence-corrected chi connectivity index (χ0v) is 15.0. The summed E-state index contributed by atoms with van der Waals surface area (Å²) in [5, 5.41) is 11.7. The molecule has 0 aromatic heterocycles. The van der Waals surface area contributed by atoms with Crippen LogP contribution in [0.15, 0.2) is 54.6 Å². The number of carboxylic acids is 1. The first-order valence-electron chi connectivity index (χ1n) is 8.89. The molecule has 0 saturated carbocycles. The summed E-state index contributed by atoms with van der Waals surface area (Å²) in [5.74, 6) is -0.122. The second kappa shape index (κ2) is 10.2. The van der Waals surface area contributed by atoms with Crippen LogP contribution >= 0.6 is 0 Å². The Morgan fingerprint density at radius 2 is 1.58 bits per heavy atom. The minimum Gasteiger partial charge on any atom is -0.494 e. The molecule has 2 aromatic rings. The zero-order chi connectivity index (χ0) is 18.8. The zero-order valence-electron chi connectivity index (χ0n) is 15.0. The molecule has 0 radical (unpaired) electrons. The Hall–Kier alpha value is -2.82. The van der Waals surface area contributed by atoms with E-state index >= 15 is 0 Å². The smallest absolute Gasteiger partial charge is 0.303 e. The Morgan fingerprint density at radius 1 is 0.962 bits per heavy atom. The van der Waals surface area contributed by atoms with Gasteiger partial charge in [-0.05, 0) is 43.0 Å². The van der Waals surface area contributed by atoms with E-state index in [-0.39, 0.29) is 18.4 Å². The van der Waals surface area contributed by atoms with Crippen molar-refractivity contribution >= 4 is 11.9 Å². The van der Waals surface area contributed by atoms with Crippen molar-refractivity contribution in [1.82, 2.24) is 5.32 Å². The highest BCUT2D eigenvalue weighted by atomic mass is 16.5. The number of rotatable bonds is 10. The summed E-state index contributed by atoms with van der Waals surface area (Å²) in [6.07, 6.45) is 1.46. The summed E-state index contributed by atoms with van der Waals surface area (Å²) in [4.78, 5) is 22.9. The number of nitrogens with one attached hydrogen (secondary N) is 1. The third-order valence-corrected chi connectivity index (χ3v) is 4.01. The van der Waals surface area contributed by atoms with Gasteiger partial charge in [0, 0.05) is 12.8 Å². The number of hydrogen-bond donors (Lipinski definition) is 2. The van der Waals surface area contributed by atoms with Crippen molar-refractivity contribution in [2.24, 2.45) is 0 Å². The molecular weight excluding hydrogens is 330 g/mol. The molecule has 0 bridgehead atoms. The van der Waals surface area contributed by atoms with Crippen LogP contribution in [0.3, 0.4) is 0 Å². The maximum atomic E-state index is 12.3. The second-order valence-corrected chi connectivity index (χ2v) is 6.01. The van der Waals surface area contributed by atoms with E-state index in [2.05, 4.69) is 5.32 Å². The molecule has 138 valence electrons. The van der Waals surface area contributed by atoms with Crippen molar-refractivity contribution in [2.75, 3.05) is 6.61 Å². The van der Waals surface area contributed by atoms with E-state index in [4.69, 9.17) is 9.84 Å². The van der Waals surface area contributed by atoms with Crippen molar-refractivity contribution < 1.29 is 19.4 Å². The lowest BCUT2D eigenvalue weighted by molar-refractivity contribution is -0.137. The number of benzene rings is 2. The summed E-state index contributed by atoms with van der Waals surface area (Å²) < 4.78 is 5.48. The van der Waals surface area contributed by atoms with Crippen molar-refractivity contribution in [3.05, 3.63) is 65.7 Å². The van der Waals surface area contributed by atoms with Crippen molar-refractivity contribution in [1.29, 1.82) is 0 Å². The summed E-state index contributed by atoms with van der Waals surface area (Å²) in [5.41, 5.74) is 1.97. The molecule has 0 heterocycles. The lowest BCUT2D eigenvalue weighted by Crippen LogP contribution is -2.29. The topological polar surface area (TPSA) is 75.6 Å². The normalized spacial score (nSPS) is 11.6. The maximum absolute atomic E-state index is 12.3. The van der Waals surface area contributed by atoms with E-state index < -0.39 is 5.97 Å². The molecule has 1 amide bonds. The van der Waals surface area contributed by atoms with E-state index in [0.29, 0.717) is 25.9 Å². The Morgan fingerprint density at radius 3 is 2.19 bits per heavy atom. The maximum Gasteiger partial charge on any atom is 0.303 e. The molecule has 0 fully saturated rings. The van der Waals surface area contributed by atoms with Gasteiger partial charge < -0.3 is 15.2 Å². The molecule has 0 saturated heterocycles. The van der Waals surface area contributed by atoms with E-state index in [1.165, 1.54) is 0 Å². The molecule has 2 N–H and O–H groups in total. The third-order valence-electron chi connectivity index (χ3n) is 4.01. The second-order valence-electron chi connectivity index (χ2n) is 6.01. The summed E-state index contributed by atoms with van der Waals surface area (Å²) >= 11 is 0. The lowest BCUT2D eigenvalue weighted by Gasteiger charge is -2.20. The number of hydrogen-bond acceptors (Lipinski definition) is 3. The van der Waals surface area contributed by atoms with E-state index in [1.54, 1.807) is 0 Å². The molecule has 0 aliphatic heterocycles. The van der Waals surface area contributed by atoms with Gasteiger partial charge >= 0.3 is 5.97 Å². The van der Waals surface area contributed by atoms with Gasteiger partial charge in [0.15, 0.2) is 0 Å². The highest BCUT2D eigenvalue weighted by Gasteiger charge is 2.16. The van der Waals surface area contributed by atoms with Crippen LogP contribution in [0.2, 0.25) is 0 Å². The van der Waals surface area contributed by atoms with Gasteiger partial charge in [0.05, 0.1) is 12.6 Å². The highest BCUT2D eigenvalue weighted by molar-refractivity contribution is 5.77. The number of aliphatic carboxylic acids is 1. The Labute approximate surface area is 154 Å². The fourth-order valence-electron chi connectivity index (χ4n) is 2.72. The van der Waals surface area contributed by atoms with Crippen LogP contribution in [-0.2, 0) is 9.59 Å². The first-order valence-corrected chi connectivity index (χ1v) is 8.89. The SMILES string of the molecule is CCOc1ccc(C(NC(=O)CCCCC(=O)O)c2ccccc2)cc1. The number of unbranched alkanes of at least 4 members (excludes halogenated alkanes) is 1. The Kier molecular flexibility index (Phi) is 7.68. The van der Waals surface area contributed by atoms with Crippen LogP contribution in [-0.4, -0.2) is 23.6 Å². The van der Waals surface area contributed by atoms with Crippen molar-refractivity contribution in [3.63, 3.8) is 0 Å². The van der Waals surface area contributed by atoms with Crippen molar-refractivity contribution in [3.8, 4) is 5.75 Å². The van der Waals surface area contributed by atoms with Gasteiger partial charge in [-0.15, -0.1) is 0 Å². The van der Waals surface area contributed by atoms with Crippen LogP contribution in [0.25, 0.3) is 0 Å². The van der Waals surface area contributed by atoms with Gasteiger partial charge in [-0.2, -0.15) is 0 Å². The van der Waals surface area contributed by atoms with Crippen molar-refractivity contribution in [2.45, 2.75) is 38.6 Å². The molecule has 0 aliphatic rings. The molecule has 5 heteroatoms. The molecule has 1 atom stereocenters. The predicted octanol–water partition coefficient (Wildman–Crippen LogP) is 3.94. The Balaban J connectivity index is 2.07. The quantitative estimate of drug-likeness (QED) is 0.633. The van der Waals surface area contributed by atoms with Gasteiger partial charge in [-0.3, -0.25) is 9.59 Å². The summed E-state index contributed by atoms with van der Waals surface area (Å²) in [7, 11) is 0. The van der Waals surface area contributed by atoms with Gasteiger partial charge in [-0.25, -0.2) is 0 Å². The average Bonchev–Trinajstić information content (AvgIpc) is 2.65. The molecule has 26 heavy (non-hydrogen) atoms. The average molecular weight is 355 g/mol. The molecule has 1 unspecified atom stereocenters. The van der Waals surface area contributed by atoms with Crippen LogP contribution in [0, 0.1) is 0 Å². The van der Waals surface area contributed by atoms with E-state index in [9.17, 15) is 9.59 Å². The number of ether oxygens (including phenoxy) is 1. The molecule has 2 rings (SSSR count). The molecule has 2 aromatic carbocycles. The molecule has 0 spiro atoms. The van der Waals surface area contributed by atoms with Gasteiger partial charge in [-0.1, -0.05) is 42.5 Å². The fraction of sp³-hybridized carbons (Fsp3) is 0.333. The number of amides is 1. The number of carboxylic acid groups (broad SMARTS) is 1. The summed E-state index contributed by atoms with van der Waals surface area (Å²) in [6, 6.07) is 17.2. The first kappa shape index (κ1) is 19.5. The van der Waals surface area contributed by atoms with Gasteiger partial charge in [0.25, 0.3) is 0 Å².